The topological polar surface area (TPSA) is 68.2 Å². The van der Waals surface area contributed by atoms with E-state index in [-0.39, 0.29) is 17.1 Å². The normalized spacial score (nSPS) is 16.4. The minimum Gasteiger partial charge on any atom is -0.497 e. The van der Waals surface area contributed by atoms with E-state index in [2.05, 4.69) is 40.4 Å². The molecule has 0 aliphatic carbocycles. The van der Waals surface area contributed by atoms with Gasteiger partial charge in [0, 0.05) is 5.92 Å². The van der Waals surface area contributed by atoms with Gasteiger partial charge in [-0.25, -0.2) is 0 Å². The predicted molar refractivity (Wildman–Crippen MR) is 130 cm³/mol. The van der Waals surface area contributed by atoms with Crippen molar-refractivity contribution in [3.8, 4) is 5.75 Å². The van der Waals surface area contributed by atoms with Gasteiger partial charge in [0.1, 0.15) is 5.75 Å². The summed E-state index contributed by atoms with van der Waals surface area (Å²) in [7, 11) is -0.298. The number of rotatable bonds is 14. The van der Waals surface area contributed by atoms with Gasteiger partial charge in [0.05, 0.1) is 38.6 Å². The van der Waals surface area contributed by atoms with E-state index in [0.717, 1.165) is 11.3 Å². The molecule has 0 unspecified atom stereocenters. The number of aliphatic hydroxyl groups excluding tert-OH is 2. The summed E-state index contributed by atoms with van der Waals surface area (Å²) in [6.45, 7) is 17.7. The van der Waals surface area contributed by atoms with Gasteiger partial charge in [-0.2, -0.15) is 0 Å². The minimum absolute atomic E-state index is 0.0768. The fourth-order valence-corrected chi connectivity index (χ4v) is 4.46. The molecule has 2 N–H and O–H groups in total. The first kappa shape index (κ1) is 27.9. The molecular formula is C25H44O5Si. The van der Waals surface area contributed by atoms with Gasteiger partial charge in [0.25, 0.3) is 0 Å². The second kappa shape index (κ2) is 12.8. The standard InChI is InChI=1S/C25H44O5Si/c1-9-10-23(30-31(7,8)25(3,4)5)15-21(26)16-24(27)19(2)17-29-18-20-11-13-22(28-6)14-12-20/h9,11-14,19,21,23-24,26-27H,1,10,15-18H2,2-8H3/t19-,21-,23+,24+/m0/s1. The van der Waals surface area contributed by atoms with Gasteiger partial charge in [-0.1, -0.05) is 45.9 Å². The molecule has 0 spiro atoms. The lowest BCUT2D eigenvalue weighted by atomic mass is 9.96. The molecule has 0 saturated heterocycles. The molecule has 1 aromatic rings. The summed E-state index contributed by atoms with van der Waals surface area (Å²) in [5.41, 5.74) is 1.05. The van der Waals surface area contributed by atoms with E-state index in [0.29, 0.717) is 32.5 Å². The molecule has 0 aliphatic rings. The zero-order valence-corrected chi connectivity index (χ0v) is 21.6. The van der Waals surface area contributed by atoms with Crippen LogP contribution in [0.2, 0.25) is 18.1 Å². The Bertz CT molecular complexity index is 638. The first-order valence-corrected chi connectivity index (χ1v) is 14.2. The van der Waals surface area contributed by atoms with Crippen molar-refractivity contribution in [3.05, 3.63) is 42.5 Å². The van der Waals surface area contributed by atoms with Crippen molar-refractivity contribution in [2.24, 2.45) is 5.92 Å². The fourth-order valence-electron chi connectivity index (χ4n) is 3.08. The molecule has 31 heavy (non-hydrogen) atoms. The molecule has 0 saturated carbocycles. The quantitative estimate of drug-likeness (QED) is 0.295. The average molecular weight is 453 g/mol. The molecular weight excluding hydrogens is 408 g/mol. The van der Waals surface area contributed by atoms with Gasteiger partial charge >= 0.3 is 0 Å². The number of methoxy groups -OCH3 is 1. The van der Waals surface area contributed by atoms with E-state index in [1.54, 1.807) is 7.11 Å². The van der Waals surface area contributed by atoms with Gasteiger partial charge in [-0.15, -0.1) is 6.58 Å². The van der Waals surface area contributed by atoms with Gasteiger partial charge in [0.15, 0.2) is 8.32 Å². The van der Waals surface area contributed by atoms with Crippen molar-refractivity contribution in [2.75, 3.05) is 13.7 Å². The van der Waals surface area contributed by atoms with E-state index < -0.39 is 20.5 Å². The minimum atomic E-state index is -1.94. The lowest BCUT2D eigenvalue weighted by Crippen LogP contribution is -2.44. The Morgan fingerprint density at radius 3 is 2.23 bits per heavy atom. The van der Waals surface area contributed by atoms with Crippen LogP contribution in [0.25, 0.3) is 0 Å². The van der Waals surface area contributed by atoms with Crippen LogP contribution in [-0.4, -0.2) is 50.6 Å². The Morgan fingerprint density at radius 1 is 1.10 bits per heavy atom. The second-order valence-corrected chi connectivity index (χ2v) is 14.8. The second-order valence-electron chi connectivity index (χ2n) is 10.1. The maximum Gasteiger partial charge on any atom is 0.192 e. The van der Waals surface area contributed by atoms with Crippen LogP contribution < -0.4 is 4.74 Å². The summed E-state index contributed by atoms with van der Waals surface area (Å²) in [4.78, 5) is 0. The highest BCUT2D eigenvalue weighted by Crippen LogP contribution is 2.38. The fraction of sp³-hybridized carbons (Fsp3) is 0.680. The number of benzene rings is 1. The van der Waals surface area contributed by atoms with Crippen molar-refractivity contribution in [3.63, 3.8) is 0 Å². The van der Waals surface area contributed by atoms with Crippen LogP contribution in [0.4, 0.5) is 0 Å². The molecule has 1 aromatic carbocycles. The number of hydrogen-bond acceptors (Lipinski definition) is 5. The highest BCUT2D eigenvalue weighted by molar-refractivity contribution is 6.74. The Kier molecular flexibility index (Phi) is 11.5. The number of aliphatic hydroxyl groups is 2. The zero-order chi connectivity index (χ0) is 23.7. The van der Waals surface area contributed by atoms with Gasteiger partial charge in [0.2, 0.25) is 0 Å². The largest absolute Gasteiger partial charge is 0.497 e. The summed E-state index contributed by atoms with van der Waals surface area (Å²) in [5, 5.41) is 21.3. The van der Waals surface area contributed by atoms with Crippen LogP contribution in [0.3, 0.4) is 0 Å². The Labute approximate surface area is 190 Å². The lowest BCUT2D eigenvalue weighted by Gasteiger charge is -2.39. The monoisotopic (exact) mass is 452 g/mol. The molecule has 1 rings (SSSR count). The van der Waals surface area contributed by atoms with Crippen molar-refractivity contribution >= 4 is 8.32 Å². The third-order valence-corrected chi connectivity index (χ3v) is 10.7. The van der Waals surface area contributed by atoms with Crippen LogP contribution in [0.1, 0.15) is 52.5 Å². The molecule has 4 atom stereocenters. The number of ether oxygens (including phenoxy) is 2. The van der Waals surface area contributed by atoms with Crippen molar-refractivity contribution in [2.45, 2.75) is 90.0 Å². The SMILES string of the molecule is C=CC[C@H](C[C@H](O)C[C@@H](O)[C@@H](C)COCc1ccc(OC)cc1)O[Si](C)(C)C(C)(C)C. The third-order valence-electron chi connectivity index (χ3n) is 6.21. The van der Waals surface area contributed by atoms with Gasteiger partial charge < -0.3 is 24.1 Å². The first-order chi connectivity index (χ1) is 14.4. The summed E-state index contributed by atoms with van der Waals surface area (Å²) >= 11 is 0. The van der Waals surface area contributed by atoms with E-state index >= 15 is 0 Å². The number of hydrogen-bond donors (Lipinski definition) is 2. The van der Waals surface area contributed by atoms with Crippen LogP contribution >= 0.6 is 0 Å². The molecule has 6 heteroatoms. The zero-order valence-electron chi connectivity index (χ0n) is 20.6. The summed E-state index contributed by atoms with van der Waals surface area (Å²) in [6, 6.07) is 7.73. The third kappa shape index (κ3) is 9.87. The molecule has 0 aromatic heterocycles. The molecule has 0 bridgehead atoms. The van der Waals surface area contributed by atoms with Gasteiger partial charge in [-0.05, 0) is 55.1 Å². The average Bonchev–Trinajstić information content (AvgIpc) is 2.67. The smallest absolute Gasteiger partial charge is 0.192 e. The van der Waals surface area contributed by atoms with Crippen LogP contribution in [-0.2, 0) is 15.8 Å². The Balaban J connectivity index is 2.48. The lowest BCUT2D eigenvalue weighted by molar-refractivity contribution is -0.00668. The molecule has 0 aliphatic heterocycles. The molecule has 0 radical (unpaired) electrons. The summed E-state index contributed by atoms with van der Waals surface area (Å²) < 4.78 is 17.4. The highest BCUT2D eigenvalue weighted by Gasteiger charge is 2.39. The molecule has 0 fully saturated rings. The van der Waals surface area contributed by atoms with E-state index in [4.69, 9.17) is 13.9 Å². The van der Waals surface area contributed by atoms with Crippen molar-refractivity contribution in [1.82, 2.24) is 0 Å². The molecule has 5 nitrogen and oxygen atoms in total. The van der Waals surface area contributed by atoms with Crippen LogP contribution in [0.15, 0.2) is 36.9 Å². The van der Waals surface area contributed by atoms with Crippen molar-refractivity contribution in [1.29, 1.82) is 0 Å². The maximum atomic E-state index is 10.6. The van der Waals surface area contributed by atoms with Crippen LogP contribution in [0.5, 0.6) is 5.75 Å². The van der Waals surface area contributed by atoms with E-state index in [1.165, 1.54) is 0 Å². The Morgan fingerprint density at radius 2 is 1.71 bits per heavy atom. The van der Waals surface area contributed by atoms with E-state index in [9.17, 15) is 10.2 Å². The van der Waals surface area contributed by atoms with Crippen LogP contribution in [0, 0.1) is 5.92 Å². The molecule has 178 valence electrons. The summed E-state index contributed by atoms with van der Waals surface area (Å²) in [6.07, 6.45) is 1.99. The van der Waals surface area contributed by atoms with Gasteiger partial charge in [-0.3, -0.25) is 0 Å². The predicted octanol–water partition coefficient (Wildman–Crippen LogP) is 5.32. The highest BCUT2D eigenvalue weighted by atomic mass is 28.4. The maximum absolute atomic E-state index is 10.6. The summed E-state index contributed by atoms with van der Waals surface area (Å²) in [5.74, 6) is 0.737. The molecule has 0 amide bonds. The Hall–Kier alpha value is -1.18. The van der Waals surface area contributed by atoms with E-state index in [1.807, 2.05) is 37.3 Å². The first-order valence-electron chi connectivity index (χ1n) is 11.2. The van der Waals surface area contributed by atoms with Crippen molar-refractivity contribution < 1.29 is 24.1 Å². The molecule has 0 heterocycles.